The lowest BCUT2D eigenvalue weighted by Crippen LogP contribution is -2.51. The molecule has 0 spiro atoms. The summed E-state index contributed by atoms with van der Waals surface area (Å²) in [6, 6.07) is 16.9. The number of nitrogens with zero attached hydrogens (tertiary/aromatic N) is 3. The van der Waals surface area contributed by atoms with Crippen molar-refractivity contribution in [3.05, 3.63) is 91.0 Å². The fraction of sp³-hybridized carbons (Fsp3) is 0.150. The molecule has 142 valence electrons. The Morgan fingerprint density at radius 3 is 2.29 bits per heavy atom. The first kappa shape index (κ1) is 18.6. The molecule has 0 bridgehead atoms. The van der Waals surface area contributed by atoms with E-state index in [0.717, 1.165) is 20.3 Å². The zero-order valence-electron chi connectivity index (χ0n) is 15.2. The fourth-order valence-electron chi connectivity index (χ4n) is 3.52. The van der Waals surface area contributed by atoms with Crippen LogP contribution in [0.2, 0.25) is 0 Å². The van der Waals surface area contributed by atoms with E-state index in [1.165, 1.54) is 11.6 Å². The summed E-state index contributed by atoms with van der Waals surface area (Å²) in [5, 5.41) is 3.52. The van der Waals surface area contributed by atoms with Crippen molar-refractivity contribution >= 4 is 44.8 Å². The van der Waals surface area contributed by atoms with E-state index >= 15 is 0 Å². The van der Waals surface area contributed by atoms with Gasteiger partial charge in [0.25, 0.3) is 5.56 Å². The van der Waals surface area contributed by atoms with Crippen molar-refractivity contribution in [2.45, 2.75) is 6.04 Å². The maximum Gasteiger partial charge on any atom is 0.332 e. The summed E-state index contributed by atoms with van der Waals surface area (Å²) in [4.78, 5) is 27.5. The van der Waals surface area contributed by atoms with Crippen molar-refractivity contribution in [3.8, 4) is 0 Å². The molecule has 3 aromatic rings. The summed E-state index contributed by atoms with van der Waals surface area (Å²) in [6.45, 7) is 0. The first-order valence-electron chi connectivity index (χ1n) is 8.61. The van der Waals surface area contributed by atoms with Crippen LogP contribution in [0, 0.1) is 0 Å². The van der Waals surface area contributed by atoms with Crippen LogP contribution in [0.15, 0.2) is 68.7 Å². The minimum atomic E-state index is -0.493. The number of nitrogens with one attached hydrogen (secondary N) is 1. The summed E-state index contributed by atoms with van der Waals surface area (Å²) in [5.41, 5.74) is 1.44. The minimum absolute atomic E-state index is 0.352. The molecular formula is C20H17BrN4O2S. The van der Waals surface area contributed by atoms with E-state index < -0.39 is 11.7 Å². The smallest absolute Gasteiger partial charge is 0.318 e. The van der Waals surface area contributed by atoms with Gasteiger partial charge in [0.15, 0.2) is 5.11 Å². The first-order valence-corrected chi connectivity index (χ1v) is 9.81. The van der Waals surface area contributed by atoms with Crippen LogP contribution in [-0.4, -0.2) is 14.2 Å². The number of fused-ring (bicyclic) bond motifs is 1. The van der Waals surface area contributed by atoms with E-state index in [-0.39, 0.29) is 5.56 Å². The number of hydrogen-bond acceptors (Lipinski definition) is 3. The topological polar surface area (TPSA) is 59.3 Å². The van der Waals surface area contributed by atoms with Crippen LogP contribution in [0.25, 0.3) is 0 Å². The molecule has 1 N–H and O–H groups in total. The molecule has 0 aliphatic carbocycles. The van der Waals surface area contributed by atoms with Gasteiger partial charge in [-0.25, -0.2) is 4.79 Å². The summed E-state index contributed by atoms with van der Waals surface area (Å²) in [5.74, 6) is 0.422. The van der Waals surface area contributed by atoms with Gasteiger partial charge in [-0.15, -0.1) is 0 Å². The third kappa shape index (κ3) is 2.80. The molecule has 1 aromatic heterocycles. The molecule has 1 atom stereocenters. The highest BCUT2D eigenvalue weighted by molar-refractivity contribution is 9.10. The SMILES string of the molecule is Cn1c2c(c(=O)n(C)c1=O)C(c1ccccc1Br)N(c1ccccc1)C(=S)N2. The van der Waals surface area contributed by atoms with Gasteiger partial charge in [0.1, 0.15) is 5.82 Å². The van der Waals surface area contributed by atoms with Crippen LogP contribution < -0.4 is 21.5 Å². The van der Waals surface area contributed by atoms with Gasteiger partial charge in [-0.2, -0.15) is 0 Å². The Bertz CT molecular complexity index is 1200. The Morgan fingerprint density at radius 1 is 0.964 bits per heavy atom. The fourth-order valence-corrected chi connectivity index (χ4v) is 4.33. The lowest BCUT2D eigenvalue weighted by molar-refractivity contribution is 0.654. The molecule has 0 saturated heterocycles. The molecule has 0 saturated carbocycles. The van der Waals surface area contributed by atoms with E-state index in [4.69, 9.17) is 12.2 Å². The molecule has 0 fully saturated rings. The molecule has 8 heteroatoms. The quantitative estimate of drug-likeness (QED) is 0.600. The zero-order chi connectivity index (χ0) is 20.0. The van der Waals surface area contributed by atoms with E-state index in [1.807, 2.05) is 59.5 Å². The molecule has 28 heavy (non-hydrogen) atoms. The van der Waals surface area contributed by atoms with Gasteiger partial charge in [-0.1, -0.05) is 52.3 Å². The Balaban J connectivity index is 2.10. The second kappa shape index (κ2) is 7.03. The number of rotatable bonds is 2. The summed E-state index contributed by atoms with van der Waals surface area (Å²) < 4.78 is 3.41. The number of halogens is 1. The van der Waals surface area contributed by atoms with E-state index in [0.29, 0.717) is 16.5 Å². The van der Waals surface area contributed by atoms with Crippen molar-refractivity contribution in [1.82, 2.24) is 9.13 Å². The Morgan fingerprint density at radius 2 is 1.61 bits per heavy atom. The van der Waals surface area contributed by atoms with Crippen LogP contribution in [0.3, 0.4) is 0 Å². The van der Waals surface area contributed by atoms with Gasteiger partial charge >= 0.3 is 5.69 Å². The first-order chi connectivity index (χ1) is 13.4. The van der Waals surface area contributed by atoms with Crippen LogP contribution in [0.1, 0.15) is 17.2 Å². The highest BCUT2D eigenvalue weighted by Gasteiger charge is 2.37. The zero-order valence-corrected chi connectivity index (χ0v) is 17.6. The van der Waals surface area contributed by atoms with Crippen LogP contribution in [0.4, 0.5) is 11.5 Å². The predicted molar refractivity (Wildman–Crippen MR) is 118 cm³/mol. The average Bonchev–Trinajstić information content (AvgIpc) is 2.71. The number of hydrogen-bond donors (Lipinski definition) is 1. The van der Waals surface area contributed by atoms with Gasteiger partial charge in [0.05, 0.1) is 11.6 Å². The van der Waals surface area contributed by atoms with Gasteiger partial charge in [0.2, 0.25) is 0 Å². The van der Waals surface area contributed by atoms with E-state index in [1.54, 1.807) is 7.05 Å². The van der Waals surface area contributed by atoms with Crippen LogP contribution >= 0.6 is 28.1 Å². The highest BCUT2D eigenvalue weighted by Crippen LogP contribution is 2.40. The van der Waals surface area contributed by atoms with E-state index in [2.05, 4.69) is 21.2 Å². The molecular weight excluding hydrogens is 440 g/mol. The molecule has 0 amide bonds. The Hall–Kier alpha value is -2.71. The summed E-state index contributed by atoms with van der Waals surface area (Å²) in [6.07, 6.45) is 0. The Kier molecular flexibility index (Phi) is 4.68. The van der Waals surface area contributed by atoms with Gasteiger partial charge in [-0.3, -0.25) is 13.9 Å². The van der Waals surface area contributed by atoms with Crippen LogP contribution in [-0.2, 0) is 14.1 Å². The molecule has 2 heterocycles. The van der Waals surface area contributed by atoms with Crippen molar-refractivity contribution in [2.24, 2.45) is 14.1 Å². The highest BCUT2D eigenvalue weighted by atomic mass is 79.9. The maximum absolute atomic E-state index is 13.2. The second-order valence-electron chi connectivity index (χ2n) is 6.53. The lowest BCUT2D eigenvalue weighted by atomic mass is 9.96. The van der Waals surface area contributed by atoms with Crippen LogP contribution in [0.5, 0.6) is 0 Å². The molecule has 2 aromatic carbocycles. The number of aromatic nitrogens is 2. The Labute approximate surface area is 175 Å². The largest absolute Gasteiger partial charge is 0.332 e. The summed E-state index contributed by atoms with van der Waals surface area (Å²) in [7, 11) is 3.12. The number of benzene rings is 2. The number of thiocarbonyl (C=S) groups is 1. The second-order valence-corrected chi connectivity index (χ2v) is 7.77. The number of para-hydroxylation sites is 1. The van der Waals surface area contributed by atoms with Crippen molar-refractivity contribution in [1.29, 1.82) is 0 Å². The average molecular weight is 457 g/mol. The van der Waals surface area contributed by atoms with Gasteiger partial charge < -0.3 is 10.2 Å². The predicted octanol–water partition coefficient (Wildman–Crippen LogP) is 3.15. The van der Waals surface area contributed by atoms with Crippen molar-refractivity contribution in [3.63, 3.8) is 0 Å². The minimum Gasteiger partial charge on any atom is -0.318 e. The van der Waals surface area contributed by atoms with Crippen molar-refractivity contribution in [2.75, 3.05) is 10.2 Å². The van der Waals surface area contributed by atoms with Crippen molar-refractivity contribution < 1.29 is 0 Å². The lowest BCUT2D eigenvalue weighted by Gasteiger charge is -2.40. The number of anilines is 2. The van der Waals surface area contributed by atoms with E-state index in [9.17, 15) is 9.59 Å². The third-order valence-corrected chi connectivity index (χ3v) is 5.93. The molecule has 1 aliphatic heterocycles. The molecule has 1 aliphatic rings. The standard InChI is InChI=1S/C20H17BrN4O2S/c1-23-17-15(18(26)24(2)20(23)27)16(13-10-6-7-11-14(13)21)25(19(28)22-17)12-8-4-3-5-9-12/h3-11,16H,1-2H3,(H,22,28). The monoisotopic (exact) mass is 456 g/mol. The molecule has 4 rings (SSSR count). The molecule has 1 unspecified atom stereocenters. The normalized spacial score (nSPS) is 15.9. The third-order valence-electron chi connectivity index (χ3n) is 4.91. The van der Waals surface area contributed by atoms with Gasteiger partial charge in [-0.05, 0) is 36.0 Å². The van der Waals surface area contributed by atoms with Gasteiger partial charge in [0, 0.05) is 24.3 Å². The molecule has 0 radical (unpaired) electrons. The molecule has 6 nitrogen and oxygen atoms in total. The summed E-state index contributed by atoms with van der Waals surface area (Å²) >= 11 is 9.27. The maximum atomic E-state index is 13.2.